The van der Waals surface area contributed by atoms with Gasteiger partial charge >= 0.3 is 0 Å². The lowest BCUT2D eigenvalue weighted by atomic mass is 10.00. The molecule has 0 spiro atoms. The summed E-state index contributed by atoms with van der Waals surface area (Å²) < 4.78 is 0. The van der Waals surface area contributed by atoms with Crippen molar-refractivity contribution < 1.29 is 10.2 Å². The van der Waals surface area contributed by atoms with Gasteiger partial charge in [-0.3, -0.25) is 0 Å². The molecule has 0 radical (unpaired) electrons. The van der Waals surface area contributed by atoms with E-state index in [0.717, 1.165) is 24.0 Å². The summed E-state index contributed by atoms with van der Waals surface area (Å²) in [4.78, 5) is 0. The highest BCUT2D eigenvalue weighted by atomic mass is 16.3. The molecule has 0 heterocycles. The molecule has 25 heavy (non-hydrogen) atoms. The molecule has 0 aliphatic carbocycles. The van der Waals surface area contributed by atoms with Crippen LogP contribution in [0.4, 0.5) is 0 Å². The zero-order valence-corrected chi connectivity index (χ0v) is 14.3. The second-order valence-electron chi connectivity index (χ2n) is 5.77. The van der Waals surface area contributed by atoms with Crippen LogP contribution in [-0.4, -0.2) is 10.2 Å². The Morgan fingerprint density at radius 3 is 2.12 bits per heavy atom. The van der Waals surface area contributed by atoms with Crippen molar-refractivity contribution in [3.63, 3.8) is 0 Å². The Labute approximate surface area is 150 Å². The molecule has 2 heteroatoms. The van der Waals surface area contributed by atoms with Gasteiger partial charge in [0.05, 0.1) is 6.10 Å². The first-order valence-electron chi connectivity index (χ1n) is 8.48. The largest absolute Gasteiger partial charge is 0.387 e. The van der Waals surface area contributed by atoms with E-state index in [9.17, 15) is 10.2 Å². The monoisotopic (exact) mass is 332 g/mol. The lowest BCUT2D eigenvalue weighted by Gasteiger charge is -2.11. The van der Waals surface area contributed by atoms with Gasteiger partial charge in [-0.1, -0.05) is 84.7 Å². The standard InChI is InChI=1S/C23H24O2/c1-2-3-6-14-21(23(25)20-15-9-5-10-16-20)17-11-18-22(24)19-12-7-4-8-13-19/h2,4-5,7-10,12-16,22-25H,1,3,6,18H2. The van der Waals surface area contributed by atoms with Crippen molar-refractivity contribution in [2.75, 3.05) is 0 Å². The molecule has 2 aromatic rings. The maximum absolute atomic E-state index is 10.6. The molecule has 0 aromatic heterocycles. The summed E-state index contributed by atoms with van der Waals surface area (Å²) in [5, 5.41) is 20.8. The van der Waals surface area contributed by atoms with Gasteiger partial charge in [-0.2, -0.15) is 0 Å². The quantitative estimate of drug-likeness (QED) is 0.437. The van der Waals surface area contributed by atoms with Crippen LogP contribution in [0.5, 0.6) is 0 Å². The summed E-state index contributed by atoms with van der Waals surface area (Å²) in [7, 11) is 0. The fourth-order valence-electron chi connectivity index (χ4n) is 2.45. The van der Waals surface area contributed by atoms with Crippen LogP contribution in [0, 0.1) is 11.8 Å². The van der Waals surface area contributed by atoms with Gasteiger partial charge in [0.15, 0.2) is 0 Å². The molecule has 2 N–H and O–H groups in total. The molecule has 0 bridgehead atoms. The van der Waals surface area contributed by atoms with E-state index in [-0.39, 0.29) is 0 Å². The number of aliphatic hydroxyl groups is 2. The molecular formula is C23H24O2. The van der Waals surface area contributed by atoms with E-state index in [0.29, 0.717) is 12.0 Å². The smallest absolute Gasteiger partial charge is 0.111 e. The summed E-state index contributed by atoms with van der Waals surface area (Å²) in [6, 6.07) is 18.9. The summed E-state index contributed by atoms with van der Waals surface area (Å²) in [6.07, 6.45) is 4.34. The second kappa shape index (κ2) is 10.3. The average molecular weight is 332 g/mol. The van der Waals surface area contributed by atoms with E-state index >= 15 is 0 Å². The van der Waals surface area contributed by atoms with Gasteiger partial charge in [-0.05, 0) is 24.0 Å². The molecule has 2 aromatic carbocycles. The number of hydrogen-bond acceptors (Lipinski definition) is 2. The summed E-state index contributed by atoms with van der Waals surface area (Å²) >= 11 is 0. The van der Waals surface area contributed by atoms with Gasteiger partial charge in [-0.15, -0.1) is 6.58 Å². The molecule has 0 aliphatic heterocycles. The first kappa shape index (κ1) is 18.7. The molecule has 2 atom stereocenters. The number of unbranched alkanes of at least 4 members (excludes halogenated alkanes) is 1. The van der Waals surface area contributed by atoms with Crippen LogP contribution in [0.1, 0.15) is 42.6 Å². The van der Waals surface area contributed by atoms with Crippen molar-refractivity contribution >= 4 is 0 Å². The number of allylic oxidation sites excluding steroid dienone is 2. The third kappa shape index (κ3) is 6.08. The summed E-state index contributed by atoms with van der Waals surface area (Å²) in [5.41, 5.74) is 2.32. The number of rotatable bonds is 7. The Morgan fingerprint density at radius 2 is 1.52 bits per heavy atom. The Morgan fingerprint density at radius 1 is 0.920 bits per heavy atom. The minimum Gasteiger partial charge on any atom is -0.387 e. The first-order valence-corrected chi connectivity index (χ1v) is 8.48. The van der Waals surface area contributed by atoms with Crippen LogP contribution in [0.3, 0.4) is 0 Å². The zero-order chi connectivity index (χ0) is 17.9. The zero-order valence-electron chi connectivity index (χ0n) is 14.3. The first-order chi connectivity index (χ1) is 12.2. The van der Waals surface area contributed by atoms with Crippen LogP contribution in [0.15, 0.2) is 85.0 Å². The lowest BCUT2D eigenvalue weighted by Crippen LogP contribution is -2.01. The Kier molecular flexibility index (Phi) is 7.72. The number of hydrogen-bond donors (Lipinski definition) is 2. The number of aliphatic hydroxyl groups excluding tert-OH is 2. The molecule has 128 valence electrons. The molecule has 0 aliphatic rings. The van der Waals surface area contributed by atoms with Crippen LogP contribution in [0.25, 0.3) is 0 Å². The molecule has 0 fully saturated rings. The molecule has 2 unspecified atom stereocenters. The topological polar surface area (TPSA) is 40.5 Å². The summed E-state index contributed by atoms with van der Waals surface area (Å²) in [5.74, 6) is 6.05. The fourth-order valence-corrected chi connectivity index (χ4v) is 2.45. The van der Waals surface area contributed by atoms with Gasteiger partial charge in [-0.25, -0.2) is 0 Å². The van der Waals surface area contributed by atoms with E-state index in [2.05, 4.69) is 18.4 Å². The molecule has 2 nitrogen and oxygen atoms in total. The predicted molar refractivity (Wildman–Crippen MR) is 103 cm³/mol. The van der Waals surface area contributed by atoms with Gasteiger partial charge in [0.25, 0.3) is 0 Å². The van der Waals surface area contributed by atoms with Crippen LogP contribution in [0.2, 0.25) is 0 Å². The van der Waals surface area contributed by atoms with E-state index in [4.69, 9.17) is 0 Å². The molecule has 0 saturated heterocycles. The van der Waals surface area contributed by atoms with Crippen LogP contribution < -0.4 is 0 Å². The highest BCUT2D eigenvalue weighted by Gasteiger charge is 2.11. The minimum atomic E-state index is -0.757. The van der Waals surface area contributed by atoms with Crippen molar-refractivity contribution in [3.8, 4) is 11.8 Å². The van der Waals surface area contributed by atoms with Crippen LogP contribution in [-0.2, 0) is 0 Å². The Hall–Kier alpha value is -2.60. The second-order valence-corrected chi connectivity index (χ2v) is 5.77. The van der Waals surface area contributed by atoms with Gasteiger partial charge in [0.2, 0.25) is 0 Å². The Bertz CT molecular complexity index is 736. The van der Waals surface area contributed by atoms with Crippen LogP contribution >= 0.6 is 0 Å². The highest BCUT2D eigenvalue weighted by Crippen LogP contribution is 2.22. The van der Waals surface area contributed by atoms with E-state index in [1.165, 1.54) is 0 Å². The minimum absolute atomic E-state index is 0.324. The van der Waals surface area contributed by atoms with E-state index in [1.807, 2.05) is 72.8 Å². The van der Waals surface area contributed by atoms with Gasteiger partial charge < -0.3 is 10.2 Å². The third-order valence-corrected chi connectivity index (χ3v) is 3.86. The SMILES string of the molecule is C=CCCC=C(C#CCC(O)c1ccccc1)C(O)c1ccccc1. The summed E-state index contributed by atoms with van der Waals surface area (Å²) in [6.45, 7) is 3.72. The molecule has 2 rings (SSSR count). The van der Waals surface area contributed by atoms with E-state index < -0.39 is 12.2 Å². The third-order valence-electron chi connectivity index (χ3n) is 3.86. The lowest BCUT2D eigenvalue weighted by molar-refractivity contribution is 0.184. The van der Waals surface area contributed by atoms with Crippen molar-refractivity contribution in [3.05, 3.63) is 96.1 Å². The normalized spacial score (nSPS) is 13.4. The highest BCUT2D eigenvalue weighted by molar-refractivity contribution is 5.38. The fraction of sp³-hybridized carbons (Fsp3) is 0.217. The Balaban J connectivity index is 2.11. The predicted octanol–water partition coefficient (Wildman–Crippen LogP) is 4.74. The van der Waals surface area contributed by atoms with E-state index in [1.54, 1.807) is 0 Å². The molecule has 0 saturated carbocycles. The van der Waals surface area contributed by atoms with Gasteiger partial charge in [0.1, 0.15) is 6.10 Å². The van der Waals surface area contributed by atoms with Crippen molar-refractivity contribution in [2.24, 2.45) is 0 Å². The van der Waals surface area contributed by atoms with Gasteiger partial charge in [0, 0.05) is 12.0 Å². The molecular weight excluding hydrogens is 308 g/mol. The number of benzene rings is 2. The van der Waals surface area contributed by atoms with Crippen molar-refractivity contribution in [1.29, 1.82) is 0 Å². The molecule has 0 amide bonds. The van der Waals surface area contributed by atoms with Crippen molar-refractivity contribution in [1.82, 2.24) is 0 Å². The maximum Gasteiger partial charge on any atom is 0.111 e. The maximum atomic E-state index is 10.6. The average Bonchev–Trinajstić information content (AvgIpc) is 2.67. The van der Waals surface area contributed by atoms with Crippen molar-refractivity contribution in [2.45, 2.75) is 31.5 Å².